The maximum absolute atomic E-state index is 5.01. The molecular formula is C10H11N5OS. The molecule has 0 saturated heterocycles. The fourth-order valence-corrected chi connectivity index (χ4v) is 1.82. The molecule has 6 nitrogen and oxygen atoms in total. The Morgan fingerprint density at radius 2 is 1.94 bits per heavy atom. The van der Waals surface area contributed by atoms with E-state index >= 15 is 0 Å². The van der Waals surface area contributed by atoms with E-state index in [4.69, 9.17) is 4.74 Å². The highest BCUT2D eigenvalue weighted by Gasteiger charge is 2.07. The molecule has 2 aromatic heterocycles. The van der Waals surface area contributed by atoms with E-state index in [1.807, 2.05) is 12.1 Å². The van der Waals surface area contributed by atoms with Gasteiger partial charge in [-0.1, -0.05) is 0 Å². The van der Waals surface area contributed by atoms with E-state index in [1.165, 1.54) is 18.9 Å². The van der Waals surface area contributed by atoms with Crippen LogP contribution in [0.3, 0.4) is 0 Å². The third kappa shape index (κ3) is 3.04. The Kier molecular flexibility index (Phi) is 3.71. The topological polar surface area (TPSA) is 72.8 Å². The molecule has 0 radical (unpaired) electrons. The zero-order chi connectivity index (χ0) is 12.1. The van der Waals surface area contributed by atoms with Crippen molar-refractivity contribution < 1.29 is 4.74 Å². The lowest BCUT2D eigenvalue weighted by molar-refractivity contribution is 0.374. The highest BCUT2D eigenvalue weighted by atomic mass is 32.2. The average Bonchev–Trinajstić information content (AvgIpc) is 2.39. The van der Waals surface area contributed by atoms with Gasteiger partial charge in [-0.3, -0.25) is 4.98 Å². The Morgan fingerprint density at radius 1 is 1.18 bits per heavy atom. The van der Waals surface area contributed by atoms with Gasteiger partial charge in [-0.05, 0) is 23.9 Å². The summed E-state index contributed by atoms with van der Waals surface area (Å²) in [6.07, 6.45) is 3.44. The fourth-order valence-electron chi connectivity index (χ4n) is 1.10. The van der Waals surface area contributed by atoms with Crippen LogP contribution in [0.25, 0.3) is 0 Å². The molecule has 0 aliphatic carbocycles. The summed E-state index contributed by atoms with van der Waals surface area (Å²) in [5.74, 6) is 0.480. The standard InChI is InChI=1S/C10H11N5OS/c1-11-8-13-9(16-2)15-10(14-8)17-7-3-5-12-6-4-7/h3-6H,1-2H3,(H,11,13,14,15). The number of nitrogens with one attached hydrogen (secondary N) is 1. The Labute approximate surface area is 103 Å². The second-order valence-corrected chi connectivity index (χ2v) is 4.00. The molecule has 0 spiro atoms. The Bertz CT molecular complexity index is 471. The second-order valence-electron chi connectivity index (χ2n) is 2.96. The van der Waals surface area contributed by atoms with Crippen LogP contribution in [0.15, 0.2) is 34.6 Å². The van der Waals surface area contributed by atoms with Crippen molar-refractivity contribution >= 4 is 17.7 Å². The normalized spacial score (nSPS) is 10.0. The number of methoxy groups -OCH3 is 1. The molecule has 0 saturated carbocycles. The SMILES string of the molecule is CNc1nc(OC)nc(Sc2ccncc2)n1. The van der Waals surface area contributed by atoms with Crippen LogP contribution in [0, 0.1) is 0 Å². The highest BCUT2D eigenvalue weighted by Crippen LogP contribution is 2.25. The number of aromatic nitrogens is 4. The zero-order valence-electron chi connectivity index (χ0n) is 9.41. The summed E-state index contributed by atoms with van der Waals surface area (Å²) in [6, 6.07) is 4.07. The lowest BCUT2D eigenvalue weighted by atomic mass is 10.5. The van der Waals surface area contributed by atoms with Crippen molar-refractivity contribution in [3.05, 3.63) is 24.5 Å². The lowest BCUT2D eigenvalue weighted by Gasteiger charge is -2.04. The number of anilines is 1. The number of hydrogen-bond acceptors (Lipinski definition) is 7. The minimum Gasteiger partial charge on any atom is -0.467 e. The van der Waals surface area contributed by atoms with Crippen LogP contribution < -0.4 is 10.1 Å². The first-order chi connectivity index (χ1) is 8.31. The van der Waals surface area contributed by atoms with Crippen LogP contribution in [0.1, 0.15) is 0 Å². The first kappa shape index (κ1) is 11.6. The summed E-state index contributed by atoms with van der Waals surface area (Å²) in [6.45, 7) is 0. The Morgan fingerprint density at radius 3 is 2.59 bits per heavy atom. The zero-order valence-corrected chi connectivity index (χ0v) is 10.2. The molecule has 0 aliphatic heterocycles. The minimum atomic E-state index is 0.293. The van der Waals surface area contributed by atoms with Crippen LogP contribution in [0.2, 0.25) is 0 Å². The third-order valence-electron chi connectivity index (χ3n) is 1.86. The molecule has 0 aromatic carbocycles. The van der Waals surface area contributed by atoms with Crippen molar-refractivity contribution in [2.24, 2.45) is 0 Å². The molecule has 2 heterocycles. The lowest BCUT2D eigenvalue weighted by Crippen LogP contribution is -2.02. The maximum Gasteiger partial charge on any atom is 0.321 e. The first-order valence-corrected chi connectivity index (χ1v) is 5.69. The first-order valence-electron chi connectivity index (χ1n) is 4.87. The predicted octanol–water partition coefficient (Wildman–Crippen LogP) is 1.47. The molecule has 17 heavy (non-hydrogen) atoms. The molecule has 2 rings (SSSR count). The van der Waals surface area contributed by atoms with Gasteiger partial charge in [0.2, 0.25) is 11.1 Å². The summed E-state index contributed by atoms with van der Waals surface area (Å²) in [5.41, 5.74) is 0. The van der Waals surface area contributed by atoms with Gasteiger partial charge in [0.15, 0.2) is 0 Å². The van der Waals surface area contributed by atoms with Gasteiger partial charge in [0, 0.05) is 24.3 Å². The van der Waals surface area contributed by atoms with Crippen molar-refractivity contribution in [1.29, 1.82) is 0 Å². The third-order valence-corrected chi connectivity index (χ3v) is 2.73. The molecule has 2 aromatic rings. The molecule has 7 heteroatoms. The van der Waals surface area contributed by atoms with Crippen LogP contribution in [-0.4, -0.2) is 34.1 Å². The van der Waals surface area contributed by atoms with E-state index in [-0.39, 0.29) is 0 Å². The number of hydrogen-bond donors (Lipinski definition) is 1. The van der Waals surface area contributed by atoms with E-state index in [0.29, 0.717) is 17.1 Å². The highest BCUT2D eigenvalue weighted by molar-refractivity contribution is 7.99. The van der Waals surface area contributed by atoms with Crippen molar-refractivity contribution in [1.82, 2.24) is 19.9 Å². The van der Waals surface area contributed by atoms with Gasteiger partial charge in [0.25, 0.3) is 0 Å². The predicted molar refractivity (Wildman–Crippen MR) is 64.3 cm³/mol. The van der Waals surface area contributed by atoms with Gasteiger partial charge in [0.1, 0.15) is 0 Å². The average molecular weight is 249 g/mol. The number of rotatable bonds is 4. The molecular weight excluding hydrogens is 238 g/mol. The fraction of sp³-hybridized carbons (Fsp3) is 0.200. The van der Waals surface area contributed by atoms with Gasteiger partial charge in [-0.15, -0.1) is 0 Å². The molecule has 0 bridgehead atoms. The van der Waals surface area contributed by atoms with Crippen molar-refractivity contribution in [3.8, 4) is 6.01 Å². The molecule has 0 unspecified atom stereocenters. The molecule has 0 fully saturated rings. The van der Waals surface area contributed by atoms with Gasteiger partial charge >= 0.3 is 6.01 Å². The van der Waals surface area contributed by atoms with E-state index < -0.39 is 0 Å². The van der Waals surface area contributed by atoms with E-state index in [9.17, 15) is 0 Å². The smallest absolute Gasteiger partial charge is 0.321 e. The summed E-state index contributed by atoms with van der Waals surface area (Å²) in [5, 5.41) is 3.44. The van der Waals surface area contributed by atoms with E-state index in [0.717, 1.165) is 4.90 Å². The van der Waals surface area contributed by atoms with Gasteiger partial charge in [0.05, 0.1) is 7.11 Å². The molecule has 88 valence electrons. The number of ether oxygens (including phenoxy) is 1. The summed E-state index contributed by atoms with van der Waals surface area (Å²) < 4.78 is 5.01. The van der Waals surface area contributed by atoms with E-state index in [2.05, 4.69) is 25.3 Å². The van der Waals surface area contributed by atoms with Gasteiger partial charge in [-0.25, -0.2) is 0 Å². The van der Waals surface area contributed by atoms with Crippen LogP contribution >= 0.6 is 11.8 Å². The largest absolute Gasteiger partial charge is 0.467 e. The van der Waals surface area contributed by atoms with Crippen molar-refractivity contribution in [3.63, 3.8) is 0 Å². The van der Waals surface area contributed by atoms with Gasteiger partial charge < -0.3 is 10.1 Å². The van der Waals surface area contributed by atoms with Crippen LogP contribution in [-0.2, 0) is 0 Å². The summed E-state index contributed by atoms with van der Waals surface area (Å²) >= 11 is 1.42. The second kappa shape index (κ2) is 5.44. The maximum atomic E-state index is 5.01. The number of pyridine rings is 1. The monoisotopic (exact) mass is 249 g/mol. The molecule has 0 atom stereocenters. The van der Waals surface area contributed by atoms with Crippen LogP contribution in [0.5, 0.6) is 6.01 Å². The molecule has 0 amide bonds. The quantitative estimate of drug-likeness (QED) is 0.879. The molecule has 1 N–H and O–H groups in total. The minimum absolute atomic E-state index is 0.293. The molecule has 0 aliphatic rings. The summed E-state index contributed by atoms with van der Waals surface area (Å²) in [7, 11) is 3.27. The van der Waals surface area contributed by atoms with Crippen molar-refractivity contribution in [2.75, 3.05) is 19.5 Å². The van der Waals surface area contributed by atoms with Crippen molar-refractivity contribution in [2.45, 2.75) is 10.1 Å². The number of nitrogens with zero attached hydrogens (tertiary/aromatic N) is 4. The van der Waals surface area contributed by atoms with Gasteiger partial charge in [-0.2, -0.15) is 15.0 Å². The Hall–Kier alpha value is -1.89. The summed E-state index contributed by atoms with van der Waals surface area (Å²) in [4.78, 5) is 17.4. The Balaban J connectivity index is 2.26. The van der Waals surface area contributed by atoms with E-state index in [1.54, 1.807) is 19.4 Å². The van der Waals surface area contributed by atoms with Crippen LogP contribution in [0.4, 0.5) is 5.95 Å².